The van der Waals surface area contributed by atoms with Crippen LogP contribution in [0, 0.1) is 31.6 Å². The molecule has 2 saturated carbocycles. The van der Waals surface area contributed by atoms with E-state index in [0.717, 1.165) is 25.0 Å². The molecule has 7 nitrogen and oxygen atoms in total. The molecule has 1 saturated heterocycles. The summed E-state index contributed by atoms with van der Waals surface area (Å²) < 4.78 is 18.1. The second kappa shape index (κ2) is 13.6. The van der Waals surface area contributed by atoms with Gasteiger partial charge in [0.05, 0.1) is 6.61 Å². The van der Waals surface area contributed by atoms with Gasteiger partial charge in [0.1, 0.15) is 18.0 Å². The maximum absolute atomic E-state index is 14.8. The van der Waals surface area contributed by atoms with Crippen molar-refractivity contribution in [2.75, 3.05) is 26.3 Å². The summed E-state index contributed by atoms with van der Waals surface area (Å²) in [6.07, 6.45) is 2.71. The Morgan fingerprint density at radius 3 is 2.23 bits per heavy atom. The maximum Gasteiger partial charge on any atom is 0.410 e. The van der Waals surface area contributed by atoms with E-state index >= 15 is 0 Å². The lowest BCUT2D eigenvalue weighted by Crippen LogP contribution is -2.42. The molecule has 3 fully saturated rings. The van der Waals surface area contributed by atoms with Gasteiger partial charge in [-0.25, -0.2) is 4.79 Å². The Bertz CT molecular complexity index is 1420. The molecule has 0 N–H and O–H groups in total. The van der Waals surface area contributed by atoms with Crippen molar-refractivity contribution in [3.05, 3.63) is 64.7 Å². The molecule has 4 atom stereocenters. The fourth-order valence-electron chi connectivity index (χ4n) is 7.11. The largest absolute Gasteiger partial charge is 0.491 e. The van der Waals surface area contributed by atoms with Gasteiger partial charge < -0.3 is 23.7 Å². The zero-order chi connectivity index (χ0) is 34.3. The Labute approximate surface area is 284 Å². The molecule has 1 aliphatic heterocycles. The number of carbonyl (C=O) groups excluding carboxylic acids is 2. The highest BCUT2D eigenvalue weighted by Gasteiger charge is 2.54. The lowest BCUT2D eigenvalue weighted by Gasteiger charge is -2.36. The van der Waals surface area contributed by atoms with E-state index in [-0.39, 0.29) is 46.8 Å². The minimum absolute atomic E-state index is 0.0918. The van der Waals surface area contributed by atoms with Crippen molar-refractivity contribution in [3.8, 4) is 5.75 Å². The molecule has 8 heteroatoms. The van der Waals surface area contributed by atoms with Gasteiger partial charge >= 0.3 is 6.09 Å². The SMILES string of the molecule is Cc1cccc(CN(C(=O)C2C(c3ccc(OCCO[Si](C)(C)C(C)(C)C)cc3)C[C@H]3CN(C(=O)OC(C)(C)C)CC23)C2CC2)c1C. The molecule has 258 valence electrons. The Morgan fingerprint density at radius 2 is 1.62 bits per heavy atom. The zero-order valence-corrected chi connectivity index (χ0v) is 31.5. The fraction of sp³-hybridized carbons (Fsp3) is 0.641. The van der Waals surface area contributed by atoms with E-state index in [1.54, 1.807) is 0 Å². The molecular weight excluding hydrogens is 605 g/mol. The number of aryl methyl sites for hydroxylation is 1. The highest BCUT2D eigenvalue weighted by molar-refractivity contribution is 6.74. The van der Waals surface area contributed by atoms with Crippen LogP contribution >= 0.6 is 0 Å². The number of fused-ring (bicyclic) bond motifs is 1. The van der Waals surface area contributed by atoms with Crippen molar-refractivity contribution < 1.29 is 23.5 Å². The lowest BCUT2D eigenvalue weighted by molar-refractivity contribution is -0.138. The summed E-state index contributed by atoms with van der Waals surface area (Å²) in [6, 6.07) is 15.1. The van der Waals surface area contributed by atoms with E-state index in [1.807, 2.05) is 37.8 Å². The molecule has 3 aliphatic rings. The normalized spacial score (nSPS) is 23.1. The van der Waals surface area contributed by atoms with Crippen LogP contribution in [0.1, 0.15) is 89.0 Å². The standard InChI is InChI=1S/C39H58N2O5Si/c1-26-12-11-13-29(27(26)2)24-41(31-16-17-31)36(42)35-33(22-30-23-40(25-34(30)35)37(43)46-38(3,4)5)28-14-18-32(19-15-28)44-20-21-45-47(9,10)39(6,7)8/h11-15,18-19,30-31,33-35H,16-17,20-25H2,1-10H3/t30-,33?,34?,35?/m0/s1. The van der Waals surface area contributed by atoms with Crippen LogP contribution in [0.15, 0.2) is 42.5 Å². The monoisotopic (exact) mass is 662 g/mol. The number of ether oxygens (including phenoxy) is 2. The Morgan fingerprint density at radius 1 is 0.936 bits per heavy atom. The summed E-state index contributed by atoms with van der Waals surface area (Å²) in [7, 11) is -1.82. The van der Waals surface area contributed by atoms with Gasteiger partial charge in [0, 0.05) is 31.6 Å². The van der Waals surface area contributed by atoms with Crippen molar-refractivity contribution >= 4 is 20.3 Å². The van der Waals surface area contributed by atoms with Gasteiger partial charge in [-0.05, 0) is 124 Å². The summed E-state index contributed by atoms with van der Waals surface area (Å²) >= 11 is 0. The van der Waals surface area contributed by atoms with Crippen molar-refractivity contribution in [3.63, 3.8) is 0 Å². The van der Waals surface area contributed by atoms with Gasteiger partial charge in [-0.15, -0.1) is 0 Å². The second-order valence-electron chi connectivity index (χ2n) is 16.8. The number of rotatable bonds is 10. The number of hydrogen-bond acceptors (Lipinski definition) is 5. The third-order valence-electron chi connectivity index (χ3n) is 11.1. The van der Waals surface area contributed by atoms with E-state index in [4.69, 9.17) is 13.9 Å². The molecule has 0 aromatic heterocycles. The van der Waals surface area contributed by atoms with Crippen molar-refractivity contribution in [2.45, 2.75) is 117 Å². The third-order valence-corrected chi connectivity index (χ3v) is 15.7. The van der Waals surface area contributed by atoms with Gasteiger partial charge in [-0.2, -0.15) is 0 Å². The Kier molecular flexibility index (Phi) is 10.2. The summed E-state index contributed by atoms with van der Waals surface area (Å²) in [5.74, 6) is 1.31. The number of hydrogen-bond donors (Lipinski definition) is 0. The van der Waals surface area contributed by atoms with Crippen LogP contribution < -0.4 is 4.74 Å². The van der Waals surface area contributed by atoms with Gasteiger partial charge in [0.25, 0.3) is 0 Å². The van der Waals surface area contributed by atoms with Gasteiger partial charge in [0.2, 0.25) is 5.91 Å². The molecule has 47 heavy (non-hydrogen) atoms. The highest BCUT2D eigenvalue weighted by Crippen LogP contribution is 2.52. The Hall–Kier alpha value is -2.84. The molecular formula is C39H58N2O5Si. The summed E-state index contributed by atoms with van der Waals surface area (Å²) in [5, 5.41) is 0.167. The van der Waals surface area contributed by atoms with E-state index in [1.165, 1.54) is 22.3 Å². The second-order valence-corrected chi connectivity index (χ2v) is 21.6. The van der Waals surface area contributed by atoms with Crippen molar-refractivity contribution in [2.24, 2.45) is 17.8 Å². The van der Waals surface area contributed by atoms with Crippen molar-refractivity contribution in [1.82, 2.24) is 9.80 Å². The van der Waals surface area contributed by atoms with Crippen LogP contribution in [0.2, 0.25) is 18.1 Å². The number of carbonyl (C=O) groups is 2. The number of amides is 2. The zero-order valence-electron chi connectivity index (χ0n) is 30.5. The van der Waals surface area contributed by atoms with Crippen LogP contribution in [0.5, 0.6) is 5.75 Å². The first-order valence-electron chi connectivity index (χ1n) is 17.7. The molecule has 2 aromatic rings. The molecule has 0 spiro atoms. The van der Waals surface area contributed by atoms with Gasteiger partial charge in [0.15, 0.2) is 8.32 Å². The molecule has 0 bridgehead atoms. The maximum atomic E-state index is 14.8. The van der Waals surface area contributed by atoms with Crippen LogP contribution in [0.25, 0.3) is 0 Å². The molecule has 3 unspecified atom stereocenters. The number of benzene rings is 2. The molecule has 2 aliphatic carbocycles. The average molecular weight is 663 g/mol. The highest BCUT2D eigenvalue weighted by atomic mass is 28.4. The predicted molar refractivity (Wildman–Crippen MR) is 190 cm³/mol. The van der Waals surface area contributed by atoms with Crippen LogP contribution in [0.4, 0.5) is 4.79 Å². The topological polar surface area (TPSA) is 68.3 Å². The first-order valence-corrected chi connectivity index (χ1v) is 20.6. The van der Waals surface area contributed by atoms with E-state index in [9.17, 15) is 9.59 Å². The average Bonchev–Trinajstić information content (AvgIpc) is 3.63. The molecule has 5 rings (SSSR count). The van der Waals surface area contributed by atoms with Gasteiger partial charge in [-0.1, -0.05) is 51.1 Å². The van der Waals surface area contributed by atoms with E-state index in [0.29, 0.717) is 32.8 Å². The first kappa shape index (κ1) is 35.5. The van der Waals surface area contributed by atoms with Crippen LogP contribution in [-0.2, 0) is 20.5 Å². The Balaban J connectivity index is 1.34. The third kappa shape index (κ3) is 8.25. The minimum Gasteiger partial charge on any atom is -0.491 e. The van der Waals surface area contributed by atoms with E-state index < -0.39 is 13.9 Å². The number of nitrogens with zero attached hydrogens (tertiary/aromatic N) is 2. The van der Waals surface area contributed by atoms with Crippen molar-refractivity contribution in [1.29, 1.82) is 0 Å². The quantitative estimate of drug-likeness (QED) is 0.189. The van der Waals surface area contributed by atoms with Crippen LogP contribution in [0.3, 0.4) is 0 Å². The van der Waals surface area contributed by atoms with E-state index in [2.05, 4.69) is 82.9 Å². The predicted octanol–water partition coefficient (Wildman–Crippen LogP) is 8.48. The molecule has 2 aromatic carbocycles. The number of likely N-dealkylation sites (tertiary alicyclic amines) is 1. The molecule has 0 radical (unpaired) electrons. The summed E-state index contributed by atoms with van der Waals surface area (Å²) in [6.45, 7) is 24.2. The molecule has 2 amide bonds. The smallest absolute Gasteiger partial charge is 0.410 e. The van der Waals surface area contributed by atoms with Crippen LogP contribution in [-0.4, -0.2) is 68.1 Å². The molecule has 1 heterocycles. The summed E-state index contributed by atoms with van der Waals surface area (Å²) in [4.78, 5) is 31.9. The fourth-order valence-corrected chi connectivity index (χ4v) is 8.14. The lowest BCUT2D eigenvalue weighted by atomic mass is 9.83. The summed E-state index contributed by atoms with van der Waals surface area (Å²) in [5.41, 5.74) is 4.35. The van der Waals surface area contributed by atoms with Gasteiger partial charge in [-0.3, -0.25) is 4.79 Å². The first-order chi connectivity index (χ1) is 21.9. The minimum atomic E-state index is -1.82.